The molecule has 50 heavy (non-hydrogen) atoms. The summed E-state index contributed by atoms with van der Waals surface area (Å²) in [4.78, 5) is 38.2. The summed E-state index contributed by atoms with van der Waals surface area (Å²) in [6.07, 6.45) is 0.345. The molecule has 0 fully saturated rings. The van der Waals surface area contributed by atoms with Crippen molar-refractivity contribution < 1.29 is 22.8 Å². The zero-order valence-electron chi connectivity index (χ0n) is 28.0. The largest absolute Gasteiger partial charge is 0.416 e. The van der Waals surface area contributed by atoms with Crippen molar-refractivity contribution in [1.82, 2.24) is 19.7 Å². The Morgan fingerprint density at radius 2 is 1.52 bits per heavy atom. The van der Waals surface area contributed by atoms with E-state index in [1.807, 2.05) is 85.2 Å². The average molecular weight is 697 g/mol. The quantitative estimate of drug-likeness (QED) is 0.110. The molecule has 5 aromatic rings. The van der Waals surface area contributed by atoms with Gasteiger partial charge in [-0.2, -0.15) is 24.5 Å². The number of rotatable bonds is 14. The standard InChI is InChI=1S/C40H39F3N4O2S/c1-45(27-33-21-25-50-29-33)23-24-46(2)39(49)37(26-31-8-4-3-5-9-31)47(28-32-11-16-34(17-12-32)36-10-6-7-22-44-36)38(48)20-15-30-13-18-35(19-14-30)40(41,42)43/h3-22,25,29,37H,23-24,26-28H2,1-2H3/b20-15+/t37-/m0/s1. The fourth-order valence-electron chi connectivity index (χ4n) is 5.53. The zero-order valence-corrected chi connectivity index (χ0v) is 28.8. The normalized spacial score (nSPS) is 12.3. The van der Waals surface area contributed by atoms with Gasteiger partial charge in [-0.3, -0.25) is 14.6 Å². The van der Waals surface area contributed by atoms with Crippen LogP contribution in [0.3, 0.4) is 0 Å². The molecule has 10 heteroatoms. The van der Waals surface area contributed by atoms with Crippen molar-refractivity contribution in [2.75, 3.05) is 27.2 Å². The van der Waals surface area contributed by atoms with Crippen molar-refractivity contribution in [2.45, 2.75) is 31.7 Å². The van der Waals surface area contributed by atoms with Gasteiger partial charge in [-0.25, -0.2) is 0 Å². The molecule has 0 aliphatic rings. The lowest BCUT2D eigenvalue weighted by Gasteiger charge is -2.34. The zero-order chi connectivity index (χ0) is 35.5. The lowest BCUT2D eigenvalue weighted by molar-refractivity contribution is -0.143. The van der Waals surface area contributed by atoms with Crippen LogP contribution in [0.2, 0.25) is 0 Å². The highest BCUT2D eigenvalue weighted by molar-refractivity contribution is 7.07. The molecular weight excluding hydrogens is 658 g/mol. The highest BCUT2D eigenvalue weighted by Crippen LogP contribution is 2.29. The van der Waals surface area contributed by atoms with Gasteiger partial charge in [-0.05, 0) is 76.5 Å². The van der Waals surface area contributed by atoms with E-state index in [1.54, 1.807) is 34.4 Å². The molecule has 258 valence electrons. The molecular formula is C40H39F3N4O2S. The maximum Gasteiger partial charge on any atom is 0.416 e. The number of thiophene rings is 1. The maximum atomic E-state index is 14.3. The Morgan fingerprint density at radius 1 is 0.800 bits per heavy atom. The van der Waals surface area contributed by atoms with Crippen molar-refractivity contribution in [2.24, 2.45) is 0 Å². The molecule has 0 saturated carbocycles. The predicted octanol–water partition coefficient (Wildman–Crippen LogP) is 8.07. The van der Waals surface area contributed by atoms with Crippen molar-refractivity contribution in [3.8, 4) is 11.3 Å². The second-order valence-corrected chi connectivity index (χ2v) is 12.9. The molecule has 5 rings (SSSR count). The third-order valence-electron chi connectivity index (χ3n) is 8.37. The molecule has 0 aliphatic carbocycles. The summed E-state index contributed by atoms with van der Waals surface area (Å²) >= 11 is 1.64. The van der Waals surface area contributed by atoms with E-state index >= 15 is 0 Å². The highest BCUT2D eigenvalue weighted by atomic mass is 32.1. The minimum Gasteiger partial charge on any atom is -0.343 e. The molecule has 1 atom stereocenters. The van der Waals surface area contributed by atoms with Gasteiger partial charge in [0.15, 0.2) is 0 Å². The molecule has 0 N–H and O–H groups in total. The number of aromatic nitrogens is 1. The number of carbonyl (C=O) groups excluding carboxylic acids is 2. The van der Waals surface area contributed by atoms with Gasteiger partial charge in [-0.1, -0.05) is 72.8 Å². The second-order valence-electron chi connectivity index (χ2n) is 12.2. The van der Waals surface area contributed by atoms with Crippen LogP contribution in [-0.2, 0) is 35.3 Å². The molecule has 2 aromatic heterocycles. The first kappa shape index (κ1) is 36.2. The van der Waals surface area contributed by atoms with E-state index in [0.717, 1.165) is 41.1 Å². The van der Waals surface area contributed by atoms with Crippen LogP contribution in [0, 0.1) is 0 Å². The Balaban J connectivity index is 1.43. The Labute approximate surface area is 295 Å². The first-order valence-corrected chi connectivity index (χ1v) is 17.2. The topological polar surface area (TPSA) is 56.8 Å². The summed E-state index contributed by atoms with van der Waals surface area (Å²) < 4.78 is 39.4. The van der Waals surface area contributed by atoms with Gasteiger partial charge in [0.25, 0.3) is 0 Å². The number of nitrogens with zero attached hydrogens (tertiary/aromatic N) is 4. The van der Waals surface area contributed by atoms with Crippen LogP contribution in [0.4, 0.5) is 13.2 Å². The maximum absolute atomic E-state index is 14.3. The van der Waals surface area contributed by atoms with E-state index in [4.69, 9.17) is 0 Å². The van der Waals surface area contributed by atoms with Crippen LogP contribution in [0.25, 0.3) is 17.3 Å². The Hall–Kier alpha value is -5.06. The van der Waals surface area contributed by atoms with Crippen LogP contribution in [0.5, 0.6) is 0 Å². The Kier molecular flexibility index (Phi) is 12.4. The van der Waals surface area contributed by atoms with E-state index < -0.39 is 23.7 Å². The smallest absolute Gasteiger partial charge is 0.343 e. The monoisotopic (exact) mass is 696 g/mol. The summed E-state index contributed by atoms with van der Waals surface area (Å²) in [5.74, 6) is -0.643. The summed E-state index contributed by atoms with van der Waals surface area (Å²) in [6.45, 7) is 1.97. The Bertz CT molecular complexity index is 1830. The summed E-state index contributed by atoms with van der Waals surface area (Å²) in [5.41, 5.74) is 4.30. The molecule has 3 aromatic carbocycles. The number of halogens is 3. The molecule has 0 bridgehead atoms. The van der Waals surface area contributed by atoms with Crippen molar-refractivity contribution in [3.05, 3.63) is 154 Å². The molecule has 6 nitrogen and oxygen atoms in total. The van der Waals surface area contributed by atoms with Crippen LogP contribution in [-0.4, -0.2) is 64.7 Å². The summed E-state index contributed by atoms with van der Waals surface area (Å²) in [6, 6.07) is 28.7. The lowest BCUT2D eigenvalue weighted by Crippen LogP contribution is -2.51. The fourth-order valence-corrected chi connectivity index (χ4v) is 6.19. The molecule has 0 unspecified atom stereocenters. The third-order valence-corrected chi connectivity index (χ3v) is 9.10. The Morgan fingerprint density at radius 3 is 2.16 bits per heavy atom. The first-order valence-electron chi connectivity index (χ1n) is 16.2. The van der Waals surface area contributed by atoms with Crippen LogP contribution in [0.1, 0.15) is 27.8 Å². The van der Waals surface area contributed by atoms with Gasteiger partial charge in [0.2, 0.25) is 11.8 Å². The van der Waals surface area contributed by atoms with E-state index in [1.165, 1.54) is 29.8 Å². The van der Waals surface area contributed by atoms with Gasteiger partial charge < -0.3 is 14.7 Å². The van der Waals surface area contributed by atoms with E-state index in [2.05, 4.69) is 21.3 Å². The van der Waals surface area contributed by atoms with Crippen LogP contribution >= 0.6 is 11.3 Å². The molecule has 2 heterocycles. The van der Waals surface area contributed by atoms with E-state index in [0.29, 0.717) is 18.7 Å². The highest BCUT2D eigenvalue weighted by Gasteiger charge is 2.32. The van der Waals surface area contributed by atoms with Gasteiger partial charge >= 0.3 is 6.18 Å². The first-order chi connectivity index (χ1) is 24.1. The number of pyridine rings is 1. The molecule has 2 amide bonds. The molecule has 0 radical (unpaired) electrons. The number of hydrogen-bond donors (Lipinski definition) is 0. The molecule has 0 aliphatic heterocycles. The lowest BCUT2D eigenvalue weighted by atomic mass is 10.0. The van der Waals surface area contributed by atoms with Crippen molar-refractivity contribution in [1.29, 1.82) is 0 Å². The number of hydrogen-bond acceptors (Lipinski definition) is 5. The van der Waals surface area contributed by atoms with Crippen LogP contribution < -0.4 is 0 Å². The number of amides is 2. The van der Waals surface area contributed by atoms with Gasteiger partial charge in [0.1, 0.15) is 6.04 Å². The minimum absolute atomic E-state index is 0.133. The summed E-state index contributed by atoms with van der Waals surface area (Å²) in [5, 5.41) is 4.14. The van der Waals surface area contributed by atoms with Gasteiger partial charge in [0.05, 0.1) is 11.3 Å². The van der Waals surface area contributed by atoms with Crippen molar-refractivity contribution in [3.63, 3.8) is 0 Å². The second kappa shape index (κ2) is 17.0. The SMILES string of the molecule is CN(CCN(C)C(=O)[C@H](Cc1ccccc1)N(Cc1ccc(-c2ccccn2)cc1)C(=O)/C=C/c1ccc(C(F)(F)F)cc1)Cc1ccsc1. The summed E-state index contributed by atoms with van der Waals surface area (Å²) in [7, 11) is 3.76. The fraction of sp³-hybridized carbons (Fsp3) is 0.225. The number of benzene rings is 3. The number of carbonyl (C=O) groups is 2. The number of likely N-dealkylation sites (N-methyl/N-ethyl adjacent to an activating group) is 2. The van der Waals surface area contributed by atoms with E-state index in [9.17, 15) is 22.8 Å². The minimum atomic E-state index is -4.46. The molecule has 0 saturated heterocycles. The third kappa shape index (κ3) is 10.2. The van der Waals surface area contributed by atoms with Gasteiger partial charge in [-0.15, -0.1) is 0 Å². The van der Waals surface area contributed by atoms with Crippen LogP contribution in [0.15, 0.2) is 126 Å². The average Bonchev–Trinajstić information content (AvgIpc) is 3.64. The van der Waals surface area contributed by atoms with E-state index in [-0.39, 0.29) is 18.9 Å². The van der Waals surface area contributed by atoms with Crippen molar-refractivity contribution >= 4 is 29.2 Å². The molecule has 0 spiro atoms. The number of alkyl halides is 3. The van der Waals surface area contributed by atoms with Gasteiger partial charge in [0, 0.05) is 57.5 Å². The predicted molar refractivity (Wildman–Crippen MR) is 193 cm³/mol.